The maximum atomic E-state index is 10.5. The molecule has 0 aliphatic heterocycles. The van der Waals surface area contributed by atoms with Crippen LogP contribution >= 0.6 is 0 Å². The normalized spacial score (nSPS) is 11.4. The number of carboxylic acid groups (broad SMARTS) is 1. The minimum Gasteiger partial charge on any atom is -0.480 e. The van der Waals surface area contributed by atoms with E-state index in [4.69, 9.17) is 20.7 Å². The van der Waals surface area contributed by atoms with Crippen molar-refractivity contribution in [2.45, 2.75) is 0 Å². The van der Waals surface area contributed by atoms with Crippen LogP contribution in [0, 0.1) is 0 Å². The van der Waals surface area contributed by atoms with E-state index in [1.807, 2.05) is 0 Å². The molecule has 4 N–H and O–H groups in total. The number of carbonyl (C=O) groups is 1. The van der Waals surface area contributed by atoms with Crippen LogP contribution in [0.1, 0.15) is 0 Å². The Labute approximate surface area is 105 Å². The van der Waals surface area contributed by atoms with Gasteiger partial charge < -0.3 is 10.2 Å². The van der Waals surface area contributed by atoms with E-state index in [1.54, 1.807) is 4.90 Å². The molecule has 0 saturated heterocycles. The monoisotopic (exact) mass is 268 g/mol. The summed E-state index contributed by atoms with van der Waals surface area (Å²) >= 11 is 0. The molecule has 0 heterocycles. The third-order valence-corrected chi connectivity index (χ3v) is 2.29. The van der Waals surface area contributed by atoms with Gasteiger partial charge in [0.25, 0.3) is 0 Å². The SMILES string of the molecule is O=C(O)CN(CO)CCN(CCOO)CCOO. The van der Waals surface area contributed by atoms with Crippen LogP contribution in [0.5, 0.6) is 0 Å². The lowest BCUT2D eigenvalue weighted by Gasteiger charge is -2.24. The Balaban J connectivity index is 3.99. The summed E-state index contributed by atoms with van der Waals surface area (Å²) in [6.45, 7) is 1.13. The van der Waals surface area contributed by atoms with Gasteiger partial charge in [0.15, 0.2) is 0 Å². The van der Waals surface area contributed by atoms with Crippen molar-refractivity contribution in [3.05, 3.63) is 0 Å². The topological polar surface area (TPSA) is 123 Å². The molecule has 0 radical (unpaired) electrons. The number of aliphatic hydroxyl groups excluding tert-OH is 1. The van der Waals surface area contributed by atoms with Gasteiger partial charge in [-0.25, -0.2) is 9.78 Å². The van der Waals surface area contributed by atoms with E-state index in [2.05, 4.69) is 9.78 Å². The van der Waals surface area contributed by atoms with Crippen LogP contribution in [0.4, 0.5) is 0 Å². The largest absolute Gasteiger partial charge is 0.480 e. The molecule has 0 aromatic heterocycles. The van der Waals surface area contributed by atoms with Crippen molar-refractivity contribution < 1.29 is 35.3 Å². The van der Waals surface area contributed by atoms with Gasteiger partial charge in [0.2, 0.25) is 0 Å². The molecule has 108 valence electrons. The van der Waals surface area contributed by atoms with Gasteiger partial charge in [-0.05, 0) is 0 Å². The number of hydrogen-bond acceptors (Lipinski definition) is 8. The summed E-state index contributed by atoms with van der Waals surface area (Å²) in [5.74, 6) is -1.02. The molecule has 18 heavy (non-hydrogen) atoms. The van der Waals surface area contributed by atoms with Gasteiger partial charge in [0.1, 0.15) is 0 Å². The molecule has 0 aromatic rings. The second-order valence-corrected chi connectivity index (χ2v) is 3.60. The highest BCUT2D eigenvalue weighted by Crippen LogP contribution is 1.93. The fourth-order valence-corrected chi connectivity index (χ4v) is 1.35. The first-order valence-electron chi connectivity index (χ1n) is 5.44. The first-order valence-corrected chi connectivity index (χ1v) is 5.44. The Hall–Kier alpha value is -0.810. The van der Waals surface area contributed by atoms with Gasteiger partial charge in [-0.2, -0.15) is 0 Å². The van der Waals surface area contributed by atoms with Crippen LogP contribution in [-0.2, 0) is 14.6 Å². The summed E-state index contributed by atoms with van der Waals surface area (Å²) in [5, 5.41) is 34.0. The average Bonchev–Trinajstić information content (AvgIpc) is 2.35. The Kier molecular flexibility index (Phi) is 10.8. The number of rotatable bonds is 12. The molecule has 0 saturated carbocycles. The van der Waals surface area contributed by atoms with Crippen LogP contribution in [0.2, 0.25) is 0 Å². The van der Waals surface area contributed by atoms with Crippen molar-refractivity contribution in [1.29, 1.82) is 0 Å². The van der Waals surface area contributed by atoms with Crippen molar-refractivity contribution >= 4 is 5.97 Å². The van der Waals surface area contributed by atoms with Crippen molar-refractivity contribution in [3.63, 3.8) is 0 Å². The van der Waals surface area contributed by atoms with Crippen molar-refractivity contribution in [2.24, 2.45) is 0 Å². The maximum Gasteiger partial charge on any atom is 0.317 e. The van der Waals surface area contributed by atoms with E-state index in [0.717, 1.165) is 0 Å². The zero-order valence-corrected chi connectivity index (χ0v) is 10.1. The molecule has 0 rings (SSSR count). The Bertz CT molecular complexity index is 209. The molecule has 0 aliphatic carbocycles. The first-order chi connectivity index (χ1) is 8.63. The van der Waals surface area contributed by atoms with E-state index >= 15 is 0 Å². The predicted molar refractivity (Wildman–Crippen MR) is 59.9 cm³/mol. The summed E-state index contributed by atoms with van der Waals surface area (Å²) in [6.07, 6.45) is 0. The van der Waals surface area contributed by atoms with E-state index in [1.165, 1.54) is 4.90 Å². The minimum absolute atomic E-state index is 0.0868. The zero-order valence-electron chi connectivity index (χ0n) is 10.1. The van der Waals surface area contributed by atoms with Gasteiger partial charge >= 0.3 is 5.97 Å². The number of aliphatic carboxylic acids is 1. The van der Waals surface area contributed by atoms with Crippen molar-refractivity contribution in [3.8, 4) is 0 Å². The molecule has 9 heteroatoms. The zero-order chi connectivity index (χ0) is 13.8. The number of nitrogens with zero attached hydrogens (tertiary/aromatic N) is 2. The summed E-state index contributed by atoms with van der Waals surface area (Å²) < 4.78 is 0. The highest BCUT2D eigenvalue weighted by molar-refractivity contribution is 5.69. The molecule has 0 amide bonds. The number of aliphatic hydroxyl groups is 1. The molecule has 0 unspecified atom stereocenters. The molecular formula is C9H20N2O7. The quantitative estimate of drug-likeness (QED) is 0.192. The second kappa shape index (κ2) is 11.3. The average molecular weight is 268 g/mol. The van der Waals surface area contributed by atoms with E-state index in [-0.39, 0.29) is 26.5 Å². The summed E-state index contributed by atoms with van der Waals surface area (Å²) in [6, 6.07) is 0. The Morgan fingerprint density at radius 3 is 1.83 bits per heavy atom. The van der Waals surface area contributed by atoms with Gasteiger partial charge in [-0.3, -0.25) is 25.1 Å². The van der Waals surface area contributed by atoms with Gasteiger partial charge in [-0.15, -0.1) is 0 Å². The summed E-state index contributed by atoms with van der Waals surface area (Å²) in [5.41, 5.74) is 0. The molecule has 0 aliphatic rings. The highest BCUT2D eigenvalue weighted by atomic mass is 17.1. The molecule has 0 spiro atoms. The van der Waals surface area contributed by atoms with Crippen LogP contribution in [0.3, 0.4) is 0 Å². The van der Waals surface area contributed by atoms with Gasteiger partial charge in [0, 0.05) is 26.2 Å². The lowest BCUT2D eigenvalue weighted by molar-refractivity contribution is -0.251. The third-order valence-electron chi connectivity index (χ3n) is 2.29. The molecule has 0 fully saturated rings. The van der Waals surface area contributed by atoms with E-state index < -0.39 is 5.97 Å². The lowest BCUT2D eigenvalue weighted by Crippen LogP contribution is -2.40. The number of carboxylic acids is 1. The highest BCUT2D eigenvalue weighted by Gasteiger charge is 2.11. The maximum absolute atomic E-state index is 10.5. The van der Waals surface area contributed by atoms with Crippen LogP contribution in [0.25, 0.3) is 0 Å². The second-order valence-electron chi connectivity index (χ2n) is 3.60. The lowest BCUT2D eigenvalue weighted by atomic mass is 10.4. The fraction of sp³-hybridized carbons (Fsp3) is 0.889. The Morgan fingerprint density at radius 2 is 1.44 bits per heavy atom. The minimum atomic E-state index is -1.02. The summed E-state index contributed by atoms with van der Waals surface area (Å²) in [4.78, 5) is 21.5. The van der Waals surface area contributed by atoms with E-state index in [9.17, 15) is 4.79 Å². The Morgan fingerprint density at radius 1 is 0.944 bits per heavy atom. The van der Waals surface area contributed by atoms with Crippen molar-refractivity contribution in [2.75, 3.05) is 52.7 Å². The molecule has 0 atom stereocenters. The predicted octanol–water partition coefficient (Wildman–Crippen LogP) is -1.40. The number of hydrogen-bond donors (Lipinski definition) is 4. The molecule has 0 aromatic carbocycles. The van der Waals surface area contributed by atoms with Crippen LogP contribution < -0.4 is 0 Å². The molecule has 9 nitrogen and oxygen atoms in total. The van der Waals surface area contributed by atoms with E-state index in [0.29, 0.717) is 26.2 Å². The smallest absolute Gasteiger partial charge is 0.317 e. The van der Waals surface area contributed by atoms with Crippen molar-refractivity contribution in [1.82, 2.24) is 9.80 Å². The summed E-state index contributed by atoms with van der Waals surface area (Å²) in [7, 11) is 0. The van der Waals surface area contributed by atoms with Gasteiger partial charge in [0.05, 0.1) is 26.5 Å². The molecular weight excluding hydrogens is 248 g/mol. The first kappa shape index (κ1) is 17.2. The fourth-order valence-electron chi connectivity index (χ4n) is 1.35. The van der Waals surface area contributed by atoms with Crippen LogP contribution in [0.15, 0.2) is 0 Å². The molecule has 0 bridgehead atoms. The third kappa shape index (κ3) is 9.24. The van der Waals surface area contributed by atoms with Crippen LogP contribution in [-0.4, -0.2) is 89.2 Å². The van der Waals surface area contributed by atoms with Gasteiger partial charge in [-0.1, -0.05) is 0 Å². The standard InChI is InChI=1S/C9H20N2O7/c12-8-11(7-9(13)14)2-1-10(3-5-17-15)4-6-18-16/h12,15-16H,1-8H2,(H,13,14).